The molecule has 2 saturated heterocycles. The van der Waals surface area contributed by atoms with Crippen LogP contribution in [0.25, 0.3) is 0 Å². The number of sulfonamides is 1. The lowest BCUT2D eigenvalue weighted by molar-refractivity contribution is 0.185. The van der Waals surface area contributed by atoms with E-state index in [0.29, 0.717) is 25.6 Å². The largest absolute Gasteiger partial charge is 0.338 e. The first-order chi connectivity index (χ1) is 13.8. The Morgan fingerprint density at radius 3 is 2.34 bits per heavy atom. The zero-order chi connectivity index (χ0) is 20.9. The van der Waals surface area contributed by atoms with Crippen molar-refractivity contribution in [2.45, 2.75) is 45.2 Å². The van der Waals surface area contributed by atoms with Gasteiger partial charge in [-0.15, -0.1) is 0 Å². The number of carbonyl (C=O) groups excluding carboxylic acids is 1. The van der Waals surface area contributed by atoms with Gasteiger partial charge in [0.1, 0.15) is 0 Å². The highest BCUT2D eigenvalue weighted by Crippen LogP contribution is 2.19. The van der Waals surface area contributed by atoms with Crippen LogP contribution < -0.4 is 10.6 Å². The number of benzene rings is 1. The first kappa shape index (κ1) is 22.1. The van der Waals surface area contributed by atoms with E-state index in [-0.39, 0.29) is 12.1 Å². The van der Waals surface area contributed by atoms with Crippen LogP contribution in [0.4, 0.5) is 4.79 Å². The predicted molar refractivity (Wildman–Crippen MR) is 115 cm³/mol. The lowest BCUT2D eigenvalue weighted by Gasteiger charge is -2.33. The molecule has 29 heavy (non-hydrogen) atoms. The van der Waals surface area contributed by atoms with Gasteiger partial charge in [0.2, 0.25) is 10.0 Å². The summed E-state index contributed by atoms with van der Waals surface area (Å²) in [6.07, 6.45) is 4.78. The van der Waals surface area contributed by atoms with Crippen molar-refractivity contribution in [3.63, 3.8) is 0 Å². The number of nitrogens with zero attached hydrogens (tertiary/aromatic N) is 2. The summed E-state index contributed by atoms with van der Waals surface area (Å²) in [6.45, 7) is 6.80. The number of nitrogens with one attached hydrogen (secondary N) is 2. The first-order valence-corrected chi connectivity index (χ1v) is 12.4. The number of hydrogen-bond acceptors (Lipinski definition) is 4. The van der Waals surface area contributed by atoms with Crippen molar-refractivity contribution in [1.82, 2.24) is 19.8 Å². The molecular formula is C21H34N4O3S. The predicted octanol–water partition coefficient (Wildman–Crippen LogP) is 1.93. The maximum atomic E-state index is 12.3. The summed E-state index contributed by atoms with van der Waals surface area (Å²) in [5.41, 5.74) is 2.70. The van der Waals surface area contributed by atoms with E-state index >= 15 is 0 Å². The molecule has 1 aromatic rings. The van der Waals surface area contributed by atoms with Gasteiger partial charge in [0, 0.05) is 45.3 Å². The summed E-state index contributed by atoms with van der Waals surface area (Å²) in [4.78, 5) is 14.7. The van der Waals surface area contributed by atoms with Crippen molar-refractivity contribution < 1.29 is 13.2 Å². The molecule has 2 aliphatic heterocycles. The molecule has 8 heteroatoms. The van der Waals surface area contributed by atoms with Crippen molar-refractivity contribution in [3.8, 4) is 0 Å². The summed E-state index contributed by atoms with van der Waals surface area (Å²) >= 11 is 0. The summed E-state index contributed by atoms with van der Waals surface area (Å²) in [5.74, 6) is 0.342. The Kier molecular flexibility index (Phi) is 7.54. The number of carbonyl (C=O) groups is 1. The molecule has 2 fully saturated rings. The van der Waals surface area contributed by atoms with E-state index in [0.717, 1.165) is 45.3 Å². The second kappa shape index (κ2) is 9.91. The topological polar surface area (TPSA) is 81.8 Å². The second-order valence-corrected chi connectivity index (χ2v) is 10.4. The van der Waals surface area contributed by atoms with E-state index in [1.807, 2.05) is 0 Å². The van der Waals surface area contributed by atoms with E-state index in [4.69, 9.17) is 0 Å². The minimum Gasteiger partial charge on any atom is -0.338 e. The molecule has 0 unspecified atom stereocenters. The fourth-order valence-electron chi connectivity index (χ4n) is 4.18. The van der Waals surface area contributed by atoms with Crippen LogP contribution in [0.1, 0.15) is 36.8 Å². The Bertz CT molecular complexity index is 783. The standard InChI is InChI=1S/C21H34N4O3S/c1-17-5-3-4-6-19(17)16-24-11-9-20(10-12-24)23-21(26)22-15-18-7-13-25(14-8-18)29(2,27)28/h3-6,18,20H,7-16H2,1-2H3,(H2,22,23,26). The molecule has 0 aliphatic carbocycles. The number of amides is 2. The van der Waals surface area contributed by atoms with Gasteiger partial charge in [0.15, 0.2) is 0 Å². The average molecular weight is 423 g/mol. The summed E-state index contributed by atoms with van der Waals surface area (Å²) in [7, 11) is -3.10. The van der Waals surface area contributed by atoms with Crippen LogP contribution in [-0.4, -0.2) is 68.7 Å². The molecule has 0 bridgehead atoms. The maximum Gasteiger partial charge on any atom is 0.315 e. The van der Waals surface area contributed by atoms with Gasteiger partial charge >= 0.3 is 6.03 Å². The molecule has 0 spiro atoms. The first-order valence-electron chi connectivity index (χ1n) is 10.6. The van der Waals surface area contributed by atoms with Crippen LogP contribution in [0.2, 0.25) is 0 Å². The molecule has 3 rings (SSSR count). The number of urea groups is 1. The van der Waals surface area contributed by atoms with Crippen LogP contribution in [0.3, 0.4) is 0 Å². The van der Waals surface area contributed by atoms with Gasteiger partial charge in [-0.05, 0) is 49.7 Å². The molecule has 0 aromatic heterocycles. The molecule has 2 amide bonds. The van der Waals surface area contributed by atoms with Crippen LogP contribution in [-0.2, 0) is 16.6 Å². The molecule has 162 valence electrons. The molecule has 0 radical (unpaired) electrons. The fourth-order valence-corrected chi connectivity index (χ4v) is 5.06. The van der Waals surface area contributed by atoms with Gasteiger partial charge in [0.25, 0.3) is 0 Å². The normalized spacial score (nSPS) is 20.5. The van der Waals surface area contributed by atoms with Crippen molar-refractivity contribution in [3.05, 3.63) is 35.4 Å². The Morgan fingerprint density at radius 2 is 1.72 bits per heavy atom. The SMILES string of the molecule is Cc1ccccc1CN1CCC(NC(=O)NCC2CCN(S(C)(=O)=O)CC2)CC1. The molecule has 2 aliphatic rings. The van der Waals surface area contributed by atoms with Gasteiger partial charge in [0.05, 0.1) is 6.26 Å². The lowest BCUT2D eigenvalue weighted by Crippen LogP contribution is -2.49. The molecular weight excluding hydrogens is 388 g/mol. The highest BCUT2D eigenvalue weighted by molar-refractivity contribution is 7.88. The van der Waals surface area contributed by atoms with E-state index in [1.165, 1.54) is 21.7 Å². The molecule has 0 saturated carbocycles. The van der Waals surface area contributed by atoms with Crippen LogP contribution in [0.15, 0.2) is 24.3 Å². The molecule has 2 N–H and O–H groups in total. The van der Waals surface area contributed by atoms with Crippen LogP contribution in [0, 0.1) is 12.8 Å². The van der Waals surface area contributed by atoms with E-state index in [2.05, 4.69) is 46.7 Å². The quantitative estimate of drug-likeness (QED) is 0.734. The third kappa shape index (κ3) is 6.69. The Hall–Kier alpha value is -1.64. The Morgan fingerprint density at radius 1 is 1.07 bits per heavy atom. The van der Waals surface area contributed by atoms with Crippen LogP contribution in [0.5, 0.6) is 0 Å². The highest BCUT2D eigenvalue weighted by Gasteiger charge is 2.25. The molecule has 0 atom stereocenters. The van der Waals surface area contributed by atoms with Gasteiger partial charge in [-0.25, -0.2) is 17.5 Å². The van der Waals surface area contributed by atoms with E-state index in [9.17, 15) is 13.2 Å². The average Bonchev–Trinajstić information content (AvgIpc) is 2.69. The number of likely N-dealkylation sites (tertiary alicyclic amines) is 1. The molecule has 7 nitrogen and oxygen atoms in total. The lowest BCUT2D eigenvalue weighted by atomic mass is 9.98. The smallest absolute Gasteiger partial charge is 0.315 e. The Balaban J connectivity index is 1.32. The van der Waals surface area contributed by atoms with Crippen molar-refractivity contribution >= 4 is 16.1 Å². The van der Waals surface area contributed by atoms with Gasteiger partial charge < -0.3 is 10.6 Å². The highest BCUT2D eigenvalue weighted by atomic mass is 32.2. The maximum absolute atomic E-state index is 12.3. The number of aryl methyl sites for hydroxylation is 1. The Labute approximate surface area is 174 Å². The summed E-state index contributed by atoms with van der Waals surface area (Å²) < 4.78 is 24.7. The zero-order valence-corrected chi connectivity index (χ0v) is 18.4. The molecule has 1 aromatic carbocycles. The van der Waals surface area contributed by atoms with Gasteiger partial charge in [-0.3, -0.25) is 4.90 Å². The minimum absolute atomic E-state index is 0.104. The third-order valence-electron chi connectivity index (χ3n) is 6.17. The number of piperidine rings is 2. The van der Waals surface area contributed by atoms with Crippen molar-refractivity contribution in [2.75, 3.05) is 39.0 Å². The summed E-state index contributed by atoms with van der Waals surface area (Å²) in [6, 6.07) is 8.62. The van der Waals surface area contributed by atoms with E-state index < -0.39 is 10.0 Å². The van der Waals surface area contributed by atoms with E-state index in [1.54, 1.807) is 0 Å². The van der Waals surface area contributed by atoms with Gasteiger partial charge in [-0.1, -0.05) is 24.3 Å². The fraction of sp³-hybridized carbons (Fsp3) is 0.667. The summed E-state index contributed by atoms with van der Waals surface area (Å²) in [5, 5.41) is 6.08. The van der Waals surface area contributed by atoms with Gasteiger partial charge in [-0.2, -0.15) is 0 Å². The monoisotopic (exact) mass is 422 g/mol. The number of hydrogen-bond donors (Lipinski definition) is 2. The van der Waals surface area contributed by atoms with Crippen molar-refractivity contribution in [2.24, 2.45) is 5.92 Å². The molecule has 2 heterocycles. The second-order valence-electron chi connectivity index (χ2n) is 8.44. The minimum atomic E-state index is -3.10. The number of rotatable bonds is 6. The zero-order valence-electron chi connectivity index (χ0n) is 17.6. The third-order valence-corrected chi connectivity index (χ3v) is 7.47. The van der Waals surface area contributed by atoms with Crippen LogP contribution >= 0.6 is 0 Å². The van der Waals surface area contributed by atoms with Crippen molar-refractivity contribution in [1.29, 1.82) is 0 Å².